The van der Waals surface area contributed by atoms with Gasteiger partial charge in [-0.05, 0) is 27.2 Å². The predicted octanol–water partition coefficient (Wildman–Crippen LogP) is 4.25. The summed E-state index contributed by atoms with van der Waals surface area (Å²) < 4.78 is 78.7. The van der Waals surface area contributed by atoms with E-state index >= 15 is 0 Å². The van der Waals surface area contributed by atoms with Gasteiger partial charge in [0.05, 0.1) is 12.3 Å². The molecule has 10 heteroatoms. The third-order valence-electron chi connectivity index (χ3n) is 2.58. The normalized spacial score (nSPS) is 15.1. The van der Waals surface area contributed by atoms with Crippen LogP contribution in [0, 0.1) is 5.92 Å². The highest BCUT2D eigenvalue weighted by Gasteiger charge is 2.37. The van der Waals surface area contributed by atoms with Crippen molar-refractivity contribution in [2.45, 2.75) is 58.0 Å². The van der Waals surface area contributed by atoms with Crippen LogP contribution in [-0.4, -0.2) is 35.0 Å². The van der Waals surface area contributed by atoms with Crippen LogP contribution in [0.1, 0.15) is 40.0 Å². The van der Waals surface area contributed by atoms with Gasteiger partial charge in [-0.25, -0.2) is 4.79 Å². The average Bonchev–Trinajstić information content (AvgIpc) is 2.27. The minimum atomic E-state index is -4.76. The van der Waals surface area contributed by atoms with Gasteiger partial charge in [-0.2, -0.15) is 26.3 Å². The molecule has 1 N–H and O–H groups in total. The van der Waals surface area contributed by atoms with Crippen molar-refractivity contribution in [1.29, 1.82) is 0 Å². The van der Waals surface area contributed by atoms with Gasteiger partial charge < -0.3 is 9.84 Å². The second-order valence-electron chi connectivity index (χ2n) is 6.02. The lowest BCUT2D eigenvalue weighted by molar-refractivity contribution is -0.163. The molecule has 0 saturated carbocycles. The minimum Gasteiger partial charge on any atom is -0.478 e. The number of aliphatic carboxylic acids is 1. The van der Waals surface area contributed by atoms with E-state index in [4.69, 9.17) is 9.84 Å². The fourth-order valence-electron chi connectivity index (χ4n) is 1.69. The van der Waals surface area contributed by atoms with Gasteiger partial charge in [-0.1, -0.05) is 6.08 Å². The number of halogens is 6. The zero-order valence-electron chi connectivity index (χ0n) is 13.2. The molecule has 140 valence electrons. The van der Waals surface area contributed by atoms with Gasteiger partial charge in [-0.15, -0.1) is 0 Å². The molecule has 0 radical (unpaired) electrons. The van der Waals surface area contributed by atoms with E-state index in [1.807, 2.05) is 0 Å². The third kappa shape index (κ3) is 10.1. The van der Waals surface area contributed by atoms with Gasteiger partial charge in [0.25, 0.3) is 0 Å². The highest BCUT2D eigenvalue weighted by molar-refractivity contribution is 5.94. The van der Waals surface area contributed by atoms with Crippen molar-refractivity contribution in [2.75, 3.05) is 0 Å². The van der Waals surface area contributed by atoms with Gasteiger partial charge in [-0.3, -0.25) is 4.79 Å². The van der Waals surface area contributed by atoms with Crippen LogP contribution in [0.5, 0.6) is 0 Å². The first-order valence-electron chi connectivity index (χ1n) is 6.81. The van der Waals surface area contributed by atoms with Crippen molar-refractivity contribution < 1.29 is 45.8 Å². The monoisotopic (exact) mass is 364 g/mol. The predicted molar refractivity (Wildman–Crippen MR) is 71.0 cm³/mol. The minimum absolute atomic E-state index is 0.202. The van der Waals surface area contributed by atoms with E-state index in [1.165, 1.54) is 20.8 Å². The first-order valence-corrected chi connectivity index (χ1v) is 6.81. The highest BCUT2D eigenvalue weighted by atomic mass is 19.4. The first-order chi connectivity index (χ1) is 10.5. The summed E-state index contributed by atoms with van der Waals surface area (Å²) in [4.78, 5) is 23.1. The number of carboxylic acids is 1. The highest BCUT2D eigenvalue weighted by Crippen LogP contribution is 2.31. The Labute approximate surface area is 134 Å². The Balaban J connectivity index is 5.59. The molecule has 0 rings (SSSR count). The lowest BCUT2D eigenvalue weighted by atomic mass is 9.92. The summed E-state index contributed by atoms with van der Waals surface area (Å²) in [5.41, 5.74) is -2.20. The van der Waals surface area contributed by atoms with Crippen molar-refractivity contribution in [3.05, 3.63) is 11.6 Å². The van der Waals surface area contributed by atoms with Crippen LogP contribution in [0.3, 0.4) is 0 Å². The summed E-state index contributed by atoms with van der Waals surface area (Å²) >= 11 is 0. The van der Waals surface area contributed by atoms with E-state index in [0.717, 1.165) is 0 Å². The number of alkyl halides is 6. The molecule has 0 unspecified atom stereocenters. The van der Waals surface area contributed by atoms with Crippen molar-refractivity contribution in [3.63, 3.8) is 0 Å². The topological polar surface area (TPSA) is 63.6 Å². The van der Waals surface area contributed by atoms with Crippen LogP contribution >= 0.6 is 0 Å². The maximum Gasteiger partial charge on any atom is 0.392 e. The molecule has 0 aromatic heterocycles. The van der Waals surface area contributed by atoms with Crippen LogP contribution in [0.25, 0.3) is 0 Å². The summed E-state index contributed by atoms with van der Waals surface area (Å²) in [6.07, 6.45) is -13.5. The van der Waals surface area contributed by atoms with Crippen molar-refractivity contribution >= 4 is 11.9 Å². The summed E-state index contributed by atoms with van der Waals surface area (Å²) in [5, 5.41) is 8.99. The molecule has 0 aliphatic heterocycles. The van der Waals surface area contributed by atoms with E-state index in [9.17, 15) is 35.9 Å². The number of carbonyl (C=O) groups is 2. The van der Waals surface area contributed by atoms with Crippen LogP contribution in [-0.2, 0) is 14.3 Å². The Morgan fingerprint density at radius 1 is 1.04 bits per heavy atom. The molecule has 0 aliphatic carbocycles. The number of carboxylic acid groups (broad SMARTS) is 1. The van der Waals surface area contributed by atoms with Gasteiger partial charge in [0, 0.05) is 12.0 Å². The number of rotatable bonds is 6. The molecule has 0 fully saturated rings. The van der Waals surface area contributed by atoms with Crippen LogP contribution in [0.2, 0.25) is 0 Å². The Bertz CT molecular complexity index is 485. The average molecular weight is 364 g/mol. The quantitative estimate of drug-likeness (QED) is 0.435. The smallest absolute Gasteiger partial charge is 0.392 e. The molecule has 0 amide bonds. The van der Waals surface area contributed by atoms with E-state index in [-0.39, 0.29) is 6.08 Å². The molecule has 0 heterocycles. The number of allylic oxidation sites excluding steroid dienone is 1. The molecular formula is C14H18F6O4. The van der Waals surface area contributed by atoms with Crippen LogP contribution < -0.4 is 0 Å². The molecule has 0 bridgehead atoms. The molecule has 0 aliphatic rings. The largest absolute Gasteiger partial charge is 0.478 e. The molecule has 1 atom stereocenters. The first kappa shape index (κ1) is 22.3. The summed E-state index contributed by atoms with van der Waals surface area (Å²) in [5.74, 6) is -5.18. The van der Waals surface area contributed by atoms with Crippen LogP contribution in [0.4, 0.5) is 26.3 Å². The second kappa shape index (κ2) is 7.89. The number of carbonyl (C=O) groups excluding carboxylic acids is 1. The van der Waals surface area contributed by atoms with Gasteiger partial charge >= 0.3 is 24.3 Å². The second-order valence-corrected chi connectivity index (χ2v) is 6.02. The standard InChI is InChI=1S/C14H18F6O4/c1-12(2,3)24-11(23)9(5-7-14(18,19)20)8(10(21)22)4-6-13(15,16)17/h4,9H,5-7H2,1-3H3,(H,21,22)/b8-4-/t9-/m0/s1. The Hall–Kier alpha value is -1.74. The third-order valence-corrected chi connectivity index (χ3v) is 2.58. The number of hydrogen-bond donors (Lipinski definition) is 1. The molecule has 0 saturated heterocycles. The van der Waals surface area contributed by atoms with E-state index < -0.39 is 60.6 Å². The van der Waals surface area contributed by atoms with Crippen molar-refractivity contribution in [2.24, 2.45) is 5.92 Å². The van der Waals surface area contributed by atoms with Crippen molar-refractivity contribution in [3.8, 4) is 0 Å². The zero-order valence-corrected chi connectivity index (χ0v) is 13.2. The summed E-state index contributed by atoms with van der Waals surface area (Å²) in [7, 11) is 0. The van der Waals surface area contributed by atoms with Gasteiger partial charge in [0.1, 0.15) is 5.60 Å². The van der Waals surface area contributed by atoms with Gasteiger partial charge in [0.15, 0.2) is 0 Å². The fraction of sp³-hybridized carbons (Fsp3) is 0.714. The van der Waals surface area contributed by atoms with Gasteiger partial charge in [0.2, 0.25) is 0 Å². The SMILES string of the molecule is CC(C)(C)OC(=O)[C@@H](CCC(F)(F)F)/C(=C/CC(F)(F)F)C(=O)O. The zero-order chi connectivity index (χ0) is 19.3. The van der Waals surface area contributed by atoms with Crippen molar-refractivity contribution in [1.82, 2.24) is 0 Å². The summed E-state index contributed by atoms with van der Waals surface area (Å²) in [6.45, 7) is 4.18. The van der Waals surface area contributed by atoms with E-state index in [2.05, 4.69) is 0 Å². The number of hydrogen-bond acceptors (Lipinski definition) is 3. The molecular weight excluding hydrogens is 346 g/mol. The number of ether oxygens (including phenoxy) is 1. The summed E-state index contributed by atoms with van der Waals surface area (Å²) in [6, 6.07) is 0. The lowest BCUT2D eigenvalue weighted by Gasteiger charge is -2.24. The fourth-order valence-corrected chi connectivity index (χ4v) is 1.69. The molecule has 0 aromatic carbocycles. The number of esters is 1. The Kier molecular flexibility index (Phi) is 7.32. The lowest BCUT2D eigenvalue weighted by Crippen LogP contribution is -2.32. The molecule has 4 nitrogen and oxygen atoms in total. The van der Waals surface area contributed by atoms with E-state index in [0.29, 0.717) is 0 Å². The maximum absolute atomic E-state index is 12.4. The molecule has 0 aromatic rings. The Morgan fingerprint density at radius 3 is 1.88 bits per heavy atom. The molecule has 0 spiro atoms. The molecule has 24 heavy (non-hydrogen) atoms. The van der Waals surface area contributed by atoms with Crippen LogP contribution in [0.15, 0.2) is 11.6 Å². The van der Waals surface area contributed by atoms with E-state index in [1.54, 1.807) is 0 Å². The Morgan fingerprint density at radius 2 is 1.54 bits per heavy atom. The maximum atomic E-state index is 12.4.